The molecule has 0 amide bonds. The van der Waals surface area contributed by atoms with Crippen LogP contribution in [0.2, 0.25) is 0 Å². The van der Waals surface area contributed by atoms with E-state index in [1.165, 1.54) is 7.11 Å². The highest BCUT2D eigenvalue weighted by Gasteiger charge is 2.14. The van der Waals surface area contributed by atoms with Crippen molar-refractivity contribution < 1.29 is 14.3 Å². The highest BCUT2D eigenvalue weighted by atomic mass is 79.9. The number of carbonyl (C=O) groups is 1. The number of ether oxygens (including phenoxy) is 2. The van der Waals surface area contributed by atoms with Gasteiger partial charge in [0.25, 0.3) is 0 Å². The van der Waals surface area contributed by atoms with E-state index in [1.807, 2.05) is 0 Å². The monoisotopic (exact) mass is 266 g/mol. The van der Waals surface area contributed by atoms with Crippen LogP contribution in [0.15, 0.2) is 0 Å². The summed E-state index contributed by atoms with van der Waals surface area (Å²) in [4.78, 5) is 10.6. The molecular weight excluding hydrogens is 248 g/mol. The van der Waals surface area contributed by atoms with E-state index >= 15 is 0 Å². The molecule has 0 N–H and O–H groups in total. The lowest BCUT2D eigenvalue weighted by atomic mass is 10.1. The van der Waals surface area contributed by atoms with Gasteiger partial charge in [-0.25, -0.2) is 0 Å². The number of rotatable bonds is 7. The van der Waals surface area contributed by atoms with Gasteiger partial charge in [-0.2, -0.15) is 0 Å². The molecule has 1 unspecified atom stereocenters. The number of methoxy groups -OCH3 is 1. The zero-order valence-corrected chi connectivity index (χ0v) is 10.7. The van der Waals surface area contributed by atoms with Crippen molar-refractivity contribution in [3.05, 3.63) is 0 Å². The SMILES string of the molecule is COC(=O)C(Br)COCCCC(C)C. The van der Waals surface area contributed by atoms with E-state index in [-0.39, 0.29) is 10.8 Å². The van der Waals surface area contributed by atoms with Crippen molar-refractivity contribution >= 4 is 21.9 Å². The molecule has 0 aliphatic heterocycles. The van der Waals surface area contributed by atoms with Crippen LogP contribution in [0.3, 0.4) is 0 Å². The number of alkyl halides is 1. The molecule has 14 heavy (non-hydrogen) atoms. The van der Waals surface area contributed by atoms with E-state index in [4.69, 9.17) is 4.74 Å². The Morgan fingerprint density at radius 2 is 2.07 bits per heavy atom. The van der Waals surface area contributed by atoms with Gasteiger partial charge in [-0.1, -0.05) is 29.8 Å². The molecule has 3 nitrogen and oxygen atoms in total. The Morgan fingerprint density at radius 1 is 1.43 bits per heavy atom. The predicted molar refractivity (Wildman–Crippen MR) is 59.6 cm³/mol. The molecule has 0 heterocycles. The minimum absolute atomic E-state index is 0.283. The van der Waals surface area contributed by atoms with Gasteiger partial charge in [0.1, 0.15) is 4.83 Å². The first-order chi connectivity index (χ1) is 6.57. The number of hydrogen-bond donors (Lipinski definition) is 0. The number of hydrogen-bond acceptors (Lipinski definition) is 3. The molecule has 4 heteroatoms. The molecule has 0 bridgehead atoms. The molecular formula is C10H19BrO3. The van der Waals surface area contributed by atoms with E-state index in [1.54, 1.807) is 0 Å². The summed E-state index contributed by atoms with van der Waals surface area (Å²) >= 11 is 3.18. The second-order valence-electron chi connectivity index (χ2n) is 3.60. The maximum Gasteiger partial charge on any atom is 0.321 e. The first kappa shape index (κ1) is 13.9. The lowest BCUT2D eigenvalue weighted by molar-refractivity contribution is -0.140. The van der Waals surface area contributed by atoms with E-state index < -0.39 is 0 Å². The van der Waals surface area contributed by atoms with Gasteiger partial charge < -0.3 is 9.47 Å². The van der Waals surface area contributed by atoms with Gasteiger partial charge in [-0.15, -0.1) is 0 Å². The lowest BCUT2D eigenvalue weighted by Crippen LogP contribution is -2.21. The largest absolute Gasteiger partial charge is 0.468 e. The van der Waals surface area contributed by atoms with Crippen molar-refractivity contribution in [1.82, 2.24) is 0 Å². The van der Waals surface area contributed by atoms with Crippen molar-refractivity contribution in [1.29, 1.82) is 0 Å². The highest BCUT2D eigenvalue weighted by molar-refractivity contribution is 9.10. The lowest BCUT2D eigenvalue weighted by Gasteiger charge is -2.09. The Hall–Kier alpha value is -0.0900. The Balaban J connectivity index is 3.31. The van der Waals surface area contributed by atoms with Crippen LogP contribution < -0.4 is 0 Å². The minimum Gasteiger partial charge on any atom is -0.468 e. The minimum atomic E-state index is -0.341. The van der Waals surface area contributed by atoms with E-state index in [0.717, 1.165) is 12.8 Å². The van der Waals surface area contributed by atoms with Crippen LogP contribution in [0.1, 0.15) is 26.7 Å². The Labute approximate surface area is 94.3 Å². The van der Waals surface area contributed by atoms with Crippen LogP contribution in [0.25, 0.3) is 0 Å². The quantitative estimate of drug-likeness (QED) is 0.403. The number of carbonyl (C=O) groups excluding carboxylic acids is 1. The van der Waals surface area contributed by atoms with Crippen LogP contribution >= 0.6 is 15.9 Å². The van der Waals surface area contributed by atoms with Crippen molar-refractivity contribution in [2.75, 3.05) is 20.3 Å². The molecule has 0 radical (unpaired) electrons. The molecule has 0 aliphatic rings. The molecule has 0 aliphatic carbocycles. The molecule has 0 aromatic rings. The van der Waals surface area contributed by atoms with E-state index in [2.05, 4.69) is 34.5 Å². The zero-order chi connectivity index (χ0) is 11.0. The fraction of sp³-hybridized carbons (Fsp3) is 0.900. The van der Waals surface area contributed by atoms with Gasteiger partial charge >= 0.3 is 5.97 Å². The molecule has 0 rings (SSSR count). The van der Waals surface area contributed by atoms with Crippen LogP contribution in [-0.4, -0.2) is 31.1 Å². The molecule has 0 saturated carbocycles. The first-order valence-corrected chi connectivity index (χ1v) is 5.79. The summed E-state index contributed by atoms with van der Waals surface area (Å²) in [6.45, 7) is 5.45. The van der Waals surface area contributed by atoms with Gasteiger partial charge in [0.15, 0.2) is 0 Å². The molecule has 0 fully saturated rings. The summed E-state index contributed by atoms with van der Waals surface area (Å²) in [5, 5.41) is 0. The Bertz CT molecular complexity index is 159. The Morgan fingerprint density at radius 3 is 2.57 bits per heavy atom. The summed E-state index contributed by atoms with van der Waals surface area (Å²) in [6.07, 6.45) is 2.20. The van der Waals surface area contributed by atoms with E-state index in [9.17, 15) is 4.79 Å². The van der Waals surface area contributed by atoms with Crippen molar-refractivity contribution in [2.24, 2.45) is 5.92 Å². The van der Waals surface area contributed by atoms with Crippen LogP contribution in [-0.2, 0) is 14.3 Å². The number of esters is 1. The number of halogens is 1. The van der Waals surface area contributed by atoms with Crippen LogP contribution in [0, 0.1) is 5.92 Å². The third-order valence-electron chi connectivity index (χ3n) is 1.79. The summed E-state index contributed by atoms with van der Waals surface area (Å²) < 4.78 is 9.86. The Kier molecular flexibility index (Phi) is 8.18. The molecule has 0 aromatic heterocycles. The van der Waals surface area contributed by atoms with Gasteiger partial charge in [0.05, 0.1) is 13.7 Å². The second-order valence-corrected chi connectivity index (χ2v) is 4.71. The maximum atomic E-state index is 10.9. The van der Waals surface area contributed by atoms with Crippen molar-refractivity contribution in [3.8, 4) is 0 Å². The van der Waals surface area contributed by atoms with Gasteiger partial charge in [-0.05, 0) is 18.8 Å². The normalized spacial score (nSPS) is 12.9. The van der Waals surface area contributed by atoms with Gasteiger partial charge in [-0.3, -0.25) is 4.79 Å². The average Bonchev–Trinajstić information content (AvgIpc) is 2.15. The topological polar surface area (TPSA) is 35.5 Å². The molecule has 0 aromatic carbocycles. The maximum absolute atomic E-state index is 10.9. The molecule has 84 valence electrons. The summed E-state index contributed by atoms with van der Waals surface area (Å²) in [7, 11) is 1.37. The van der Waals surface area contributed by atoms with E-state index in [0.29, 0.717) is 19.1 Å². The second kappa shape index (κ2) is 8.24. The van der Waals surface area contributed by atoms with Gasteiger partial charge in [0.2, 0.25) is 0 Å². The van der Waals surface area contributed by atoms with Crippen molar-refractivity contribution in [2.45, 2.75) is 31.5 Å². The van der Waals surface area contributed by atoms with Crippen LogP contribution in [0.4, 0.5) is 0 Å². The third kappa shape index (κ3) is 7.33. The van der Waals surface area contributed by atoms with Gasteiger partial charge in [0, 0.05) is 6.61 Å². The molecule has 0 spiro atoms. The highest BCUT2D eigenvalue weighted by Crippen LogP contribution is 2.06. The first-order valence-electron chi connectivity index (χ1n) is 4.87. The fourth-order valence-electron chi connectivity index (χ4n) is 0.976. The smallest absolute Gasteiger partial charge is 0.321 e. The molecule has 0 saturated heterocycles. The summed E-state index contributed by atoms with van der Waals surface area (Å²) in [5.41, 5.74) is 0. The summed E-state index contributed by atoms with van der Waals surface area (Å²) in [5.74, 6) is 0.424. The third-order valence-corrected chi connectivity index (χ3v) is 2.43. The zero-order valence-electron chi connectivity index (χ0n) is 9.09. The van der Waals surface area contributed by atoms with Crippen molar-refractivity contribution in [3.63, 3.8) is 0 Å². The fourth-order valence-corrected chi connectivity index (χ4v) is 1.35. The molecule has 1 atom stereocenters. The average molecular weight is 267 g/mol. The van der Waals surface area contributed by atoms with Crippen LogP contribution in [0.5, 0.6) is 0 Å². The standard InChI is InChI=1S/C10H19BrO3/c1-8(2)5-4-6-14-7-9(11)10(12)13-3/h8-9H,4-7H2,1-3H3. The summed E-state index contributed by atoms with van der Waals surface area (Å²) in [6, 6.07) is 0. The predicted octanol–water partition coefficient (Wildman–Crippen LogP) is 2.38.